The number of thioether (sulfide) groups is 1. The minimum atomic E-state index is -0.751. The number of nitrogens with zero attached hydrogens (tertiary/aromatic N) is 3. The van der Waals surface area contributed by atoms with Gasteiger partial charge in [-0.1, -0.05) is 76.6 Å². The molecule has 0 saturated carbocycles. The molecule has 3 fully saturated rings. The van der Waals surface area contributed by atoms with Crippen LogP contribution in [0.5, 0.6) is 0 Å². The molecule has 1 N–H and O–H groups in total. The zero-order chi connectivity index (χ0) is 30.8. The third-order valence-electron chi connectivity index (χ3n) is 9.74. The average molecular weight is 596 g/mol. The lowest BCUT2D eigenvalue weighted by Gasteiger charge is -2.44. The maximum Gasteiger partial charge on any atom is 0.247 e. The summed E-state index contributed by atoms with van der Waals surface area (Å²) in [6.45, 7) is 19.0. The Bertz CT molecular complexity index is 1160. The predicted octanol–water partition coefficient (Wildman–Crippen LogP) is 4.76. The number of likely N-dealkylation sites (tertiary alicyclic amines) is 1. The van der Waals surface area contributed by atoms with E-state index in [-0.39, 0.29) is 47.5 Å². The number of rotatable bonds is 14. The van der Waals surface area contributed by atoms with Gasteiger partial charge in [-0.2, -0.15) is 0 Å². The first-order valence-corrected chi connectivity index (χ1v) is 16.4. The Labute approximate surface area is 256 Å². The number of carbonyl (C=O) groups excluding carboxylic acids is 3. The van der Waals surface area contributed by atoms with Gasteiger partial charge in [0.15, 0.2) is 0 Å². The van der Waals surface area contributed by atoms with Crippen LogP contribution in [0.3, 0.4) is 0 Å². The van der Waals surface area contributed by atoms with Gasteiger partial charge in [0.2, 0.25) is 17.7 Å². The van der Waals surface area contributed by atoms with E-state index in [2.05, 4.69) is 33.9 Å². The molecule has 8 atom stereocenters. The van der Waals surface area contributed by atoms with Crippen LogP contribution in [0.4, 0.5) is 0 Å². The summed E-state index contributed by atoms with van der Waals surface area (Å²) in [5, 5.41) is 10.5. The number of hydrogen-bond acceptors (Lipinski definition) is 5. The van der Waals surface area contributed by atoms with Crippen LogP contribution in [0.2, 0.25) is 0 Å². The van der Waals surface area contributed by atoms with Crippen molar-refractivity contribution in [2.24, 2.45) is 23.7 Å². The summed E-state index contributed by atoms with van der Waals surface area (Å²) in [5.74, 6) is -1.47. The van der Waals surface area contributed by atoms with E-state index in [4.69, 9.17) is 0 Å². The van der Waals surface area contributed by atoms with Gasteiger partial charge in [-0.3, -0.25) is 14.4 Å². The lowest BCUT2D eigenvalue weighted by molar-refractivity contribution is -0.148. The number of aliphatic hydroxyl groups is 1. The van der Waals surface area contributed by atoms with E-state index in [0.717, 1.165) is 24.8 Å². The largest absolute Gasteiger partial charge is 0.394 e. The first-order chi connectivity index (χ1) is 20.1. The summed E-state index contributed by atoms with van der Waals surface area (Å²) in [6.07, 6.45) is 6.02. The summed E-state index contributed by atoms with van der Waals surface area (Å²) < 4.78 is -0.737. The van der Waals surface area contributed by atoms with Gasteiger partial charge >= 0.3 is 0 Å². The van der Waals surface area contributed by atoms with E-state index >= 15 is 0 Å². The Kier molecular flexibility index (Phi) is 10.3. The van der Waals surface area contributed by atoms with E-state index in [0.29, 0.717) is 19.6 Å². The normalized spacial score (nSPS) is 29.4. The highest BCUT2D eigenvalue weighted by Crippen LogP contribution is 2.69. The van der Waals surface area contributed by atoms with Crippen molar-refractivity contribution < 1.29 is 19.5 Å². The molecule has 1 aromatic rings. The molecule has 7 nitrogen and oxygen atoms in total. The van der Waals surface area contributed by atoms with Crippen LogP contribution in [-0.4, -0.2) is 85.3 Å². The molecule has 1 aromatic carbocycles. The average Bonchev–Trinajstić information content (AvgIpc) is 3.55. The Morgan fingerprint density at radius 2 is 1.81 bits per heavy atom. The van der Waals surface area contributed by atoms with Crippen LogP contribution >= 0.6 is 11.8 Å². The molecule has 3 saturated heterocycles. The Morgan fingerprint density at radius 3 is 2.38 bits per heavy atom. The van der Waals surface area contributed by atoms with E-state index in [1.807, 2.05) is 49.1 Å². The van der Waals surface area contributed by atoms with Gasteiger partial charge in [0.05, 0.1) is 29.2 Å². The number of amides is 3. The predicted molar refractivity (Wildman–Crippen MR) is 170 cm³/mol. The zero-order valence-corrected chi connectivity index (χ0v) is 26.8. The van der Waals surface area contributed by atoms with Gasteiger partial charge in [-0.05, 0) is 37.2 Å². The van der Waals surface area contributed by atoms with Gasteiger partial charge in [-0.15, -0.1) is 24.9 Å². The number of aliphatic hydroxyl groups excluding tert-OH is 1. The van der Waals surface area contributed by atoms with E-state index in [9.17, 15) is 19.5 Å². The highest BCUT2D eigenvalue weighted by atomic mass is 32.2. The topological polar surface area (TPSA) is 81.2 Å². The second-order valence-electron chi connectivity index (χ2n) is 12.7. The van der Waals surface area contributed by atoms with Crippen molar-refractivity contribution in [3.8, 4) is 0 Å². The molecule has 0 aliphatic carbocycles. The number of carbonyl (C=O) groups is 3. The fraction of sp³-hybridized carbons (Fsp3) is 0.618. The molecule has 3 aliphatic heterocycles. The molecule has 3 amide bonds. The fourth-order valence-corrected chi connectivity index (χ4v) is 10.2. The maximum absolute atomic E-state index is 14.8. The second kappa shape index (κ2) is 13.4. The molecule has 1 spiro atoms. The molecule has 0 aromatic heterocycles. The molecule has 8 heteroatoms. The molecule has 2 bridgehead atoms. The number of benzene rings is 1. The van der Waals surface area contributed by atoms with E-state index in [1.165, 1.54) is 0 Å². The molecule has 0 radical (unpaired) electrons. The van der Waals surface area contributed by atoms with Crippen LogP contribution in [0.15, 0.2) is 55.6 Å². The fourth-order valence-electron chi connectivity index (χ4n) is 7.76. The Balaban J connectivity index is 1.80. The monoisotopic (exact) mass is 595 g/mol. The molecular weight excluding hydrogens is 546 g/mol. The van der Waals surface area contributed by atoms with Gasteiger partial charge in [-0.25, -0.2) is 0 Å². The van der Waals surface area contributed by atoms with Crippen LogP contribution in [0.1, 0.15) is 59.4 Å². The number of hydrogen-bond donors (Lipinski definition) is 1. The third kappa shape index (κ3) is 5.45. The zero-order valence-electron chi connectivity index (χ0n) is 25.9. The molecule has 230 valence electrons. The van der Waals surface area contributed by atoms with E-state index < -0.39 is 28.7 Å². The SMILES string of the molecule is C=CCN(Cc1ccccc1)C(=O)[C@@H]1[C@@H]2CC(C)C3(S2)C(C(=O)N(CC=C)C(C)CCC)N([C@@H](CO)C(C)C)C(=O)[C@H]13. The molecular formula is C34H49N3O4S. The van der Waals surface area contributed by atoms with E-state index in [1.54, 1.807) is 33.7 Å². The van der Waals surface area contributed by atoms with Crippen molar-refractivity contribution in [2.45, 2.75) is 88.5 Å². The van der Waals surface area contributed by atoms with Crippen molar-refractivity contribution in [3.05, 3.63) is 61.2 Å². The molecule has 4 unspecified atom stereocenters. The smallest absolute Gasteiger partial charge is 0.247 e. The molecule has 3 heterocycles. The lowest BCUT2D eigenvalue weighted by Crippen LogP contribution is -2.61. The summed E-state index contributed by atoms with van der Waals surface area (Å²) in [7, 11) is 0. The van der Waals surface area contributed by atoms with Crippen molar-refractivity contribution in [1.29, 1.82) is 0 Å². The highest BCUT2D eigenvalue weighted by molar-refractivity contribution is 8.02. The third-order valence-corrected chi connectivity index (χ3v) is 11.8. The summed E-state index contributed by atoms with van der Waals surface area (Å²) in [6, 6.07) is 8.57. The first-order valence-electron chi connectivity index (χ1n) is 15.5. The molecule has 3 aliphatic rings. The first kappa shape index (κ1) is 32.3. The van der Waals surface area contributed by atoms with Crippen LogP contribution in [0.25, 0.3) is 0 Å². The standard InChI is InChI=1S/C34H49N3O4S/c1-8-14-24(7)36(18-10-3)33(41)30-34-23(6)19-27(42-34)28(29(34)32(40)37(30)26(21-38)22(4)5)31(39)35(17-9-2)20-25-15-12-11-13-16-25/h9-13,15-16,22-24,26-30,38H,2-3,8,14,17-21H2,1,4-7H3/t23?,24?,26-,27-,28+,29-,30?,34?/m0/s1. The minimum absolute atomic E-state index is 0.0233. The minimum Gasteiger partial charge on any atom is -0.394 e. The quantitative estimate of drug-likeness (QED) is 0.314. The van der Waals surface area contributed by atoms with Crippen molar-refractivity contribution in [2.75, 3.05) is 19.7 Å². The summed E-state index contributed by atoms with van der Waals surface area (Å²) >= 11 is 1.69. The van der Waals surface area contributed by atoms with Crippen molar-refractivity contribution >= 4 is 29.5 Å². The highest BCUT2D eigenvalue weighted by Gasteiger charge is 2.77. The maximum atomic E-state index is 14.8. The van der Waals surface area contributed by atoms with Crippen LogP contribution < -0.4 is 0 Å². The summed E-state index contributed by atoms with van der Waals surface area (Å²) in [5.41, 5.74) is 1.02. The molecule has 4 rings (SSSR count). The number of fused-ring (bicyclic) bond motifs is 1. The Hall–Kier alpha value is -2.58. The van der Waals surface area contributed by atoms with Crippen molar-refractivity contribution in [3.63, 3.8) is 0 Å². The van der Waals surface area contributed by atoms with Gasteiger partial charge in [0.25, 0.3) is 0 Å². The van der Waals surface area contributed by atoms with Gasteiger partial charge in [0, 0.05) is 30.9 Å². The second-order valence-corrected chi connectivity index (χ2v) is 14.3. The van der Waals surface area contributed by atoms with Gasteiger partial charge in [0.1, 0.15) is 6.04 Å². The lowest BCUT2D eigenvalue weighted by atomic mass is 9.65. The van der Waals surface area contributed by atoms with Crippen LogP contribution in [-0.2, 0) is 20.9 Å². The Morgan fingerprint density at radius 1 is 1.14 bits per heavy atom. The molecule has 42 heavy (non-hydrogen) atoms. The van der Waals surface area contributed by atoms with Crippen molar-refractivity contribution in [1.82, 2.24) is 14.7 Å². The van der Waals surface area contributed by atoms with Gasteiger partial charge < -0.3 is 19.8 Å². The van der Waals surface area contributed by atoms with Crippen LogP contribution in [0, 0.1) is 23.7 Å². The summed E-state index contributed by atoms with van der Waals surface area (Å²) in [4.78, 5) is 49.3.